The fourth-order valence-corrected chi connectivity index (χ4v) is 2.12. The van der Waals surface area contributed by atoms with E-state index in [1.165, 1.54) is 5.56 Å². The molecule has 1 aliphatic carbocycles. The quantitative estimate of drug-likeness (QED) is 0.823. The summed E-state index contributed by atoms with van der Waals surface area (Å²) in [6, 6.07) is 8.08. The lowest BCUT2D eigenvalue weighted by molar-refractivity contribution is 0.0598. The van der Waals surface area contributed by atoms with Crippen molar-refractivity contribution in [2.45, 2.75) is 44.8 Å². The van der Waals surface area contributed by atoms with Crippen LogP contribution in [-0.4, -0.2) is 17.3 Å². The molecule has 15 heavy (non-hydrogen) atoms. The van der Waals surface area contributed by atoms with Gasteiger partial charge in [-0.25, -0.2) is 0 Å². The number of aliphatic hydroxyl groups is 1. The first-order valence-corrected chi connectivity index (χ1v) is 5.74. The zero-order chi connectivity index (χ0) is 10.7. The molecule has 2 atom stereocenters. The molecule has 0 spiro atoms. The Labute approximate surface area is 90.9 Å². The van der Waals surface area contributed by atoms with Gasteiger partial charge in [0, 0.05) is 0 Å². The average Bonchev–Trinajstić information content (AvgIpc) is 2.65. The highest BCUT2D eigenvalue weighted by Crippen LogP contribution is 2.27. The van der Waals surface area contributed by atoms with E-state index >= 15 is 0 Å². The highest BCUT2D eigenvalue weighted by atomic mass is 16.5. The van der Waals surface area contributed by atoms with Crippen molar-refractivity contribution < 1.29 is 9.84 Å². The van der Waals surface area contributed by atoms with Crippen molar-refractivity contribution in [2.75, 3.05) is 0 Å². The Morgan fingerprint density at radius 3 is 2.80 bits per heavy atom. The summed E-state index contributed by atoms with van der Waals surface area (Å²) in [6.45, 7) is 2.12. The van der Waals surface area contributed by atoms with Gasteiger partial charge >= 0.3 is 0 Å². The Morgan fingerprint density at radius 1 is 1.33 bits per heavy atom. The van der Waals surface area contributed by atoms with Crippen molar-refractivity contribution in [3.05, 3.63) is 29.8 Å². The molecule has 2 heteroatoms. The minimum Gasteiger partial charge on any atom is -0.487 e. The van der Waals surface area contributed by atoms with E-state index in [1.807, 2.05) is 18.2 Å². The molecule has 1 N–H and O–H groups in total. The maximum absolute atomic E-state index is 9.69. The van der Waals surface area contributed by atoms with Gasteiger partial charge in [0.2, 0.25) is 0 Å². The molecule has 0 heterocycles. The van der Waals surface area contributed by atoms with Crippen molar-refractivity contribution in [1.82, 2.24) is 0 Å². The molecule has 0 unspecified atom stereocenters. The average molecular weight is 206 g/mol. The molecule has 82 valence electrons. The van der Waals surface area contributed by atoms with Gasteiger partial charge in [0.25, 0.3) is 0 Å². The van der Waals surface area contributed by atoms with E-state index in [-0.39, 0.29) is 12.2 Å². The molecule has 0 aromatic heterocycles. The topological polar surface area (TPSA) is 29.5 Å². The van der Waals surface area contributed by atoms with Crippen molar-refractivity contribution in [2.24, 2.45) is 0 Å². The second kappa shape index (κ2) is 4.67. The summed E-state index contributed by atoms with van der Waals surface area (Å²) in [6.07, 6.45) is 3.60. The molecule has 2 rings (SSSR count). The van der Waals surface area contributed by atoms with Gasteiger partial charge in [-0.1, -0.05) is 25.1 Å². The van der Waals surface area contributed by atoms with Gasteiger partial charge in [0.15, 0.2) is 0 Å². The van der Waals surface area contributed by atoms with Crippen LogP contribution < -0.4 is 4.74 Å². The molecule has 0 bridgehead atoms. The van der Waals surface area contributed by atoms with Crippen LogP contribution in [0.5, 0.6) is 5.75 Å². The van der Waals surface area contributed by atoms with Crippen LogP contribution in [0, 0.1) is 0 Å². The van der Waals surface area contributed by atoms with E-state index in [0.29, 0.717) is 0 Å². The molecule has 1 aromatic carbocycles. The third-order valence-electron chi connectivity index (χ3n) is 3.05. The number of hydrogen-bond donors (Lipinski definition) is 1. The van der Waals surface area contributed by atoms with Gasteiger partial charge in [-0.05, 0) is 37.3 Å². The third-order valence-corrected chi connectivity index (χ3v) is 3.05. The number of benzene rings is 1. The number of hydrogen-bond acceptors (Lipinski definition) is 2. The van der Waals surface area contributed by atoms with Crippen LogP contribution in [0.25, 0.3) is 0 Å². The molecular weight excluding hydrogens is 188 g/mol. The van der Waals surface area contributed by atoms with E-state index < -0.39 is 0 Å². The Balaban J connectivity index is 2.09. The summed E-state index contributed by atoms with van der Waals surface area (Å²) >= 11 is 0. The summed E-state index contributed by atoms with van der Waals surface area (Å²) in [5, 5.41) is 9.69. The van der Waals surface area contributed by atoms with E-state index in [2.05, 4.69) is 13.0 Å². The predicted molar refractivity (Wildman–Crippen MR) is 60.1 cm³/mol. The number of ether oxygens (including phenoxy) is 1. The second-order valence-corrected chi connectivity index (χ2v) is 4.12. The van der Waals surface area contributed by atoms with Gasteiger partial charge in [-0.15, -0.1) is 0 Å². The lowest BCUT2D eigenvalue weighted by Gasteiger charge is -2.19. The molecule has 1 aliphatic rings. The smallest absolute Gasteiger partial charge is 0.124 e. The summed E-state index contributed by atoms with van der Waals surface area (Å²) < 4.78 is 5.86. The highest BCUT2D eigenvalue weighted by molar-refractivity contribution is 5.33. The summed E-state index contributed by atoms with van der Waals surface area (Å²) in [5.41, 5.74) is 1.22. The minimum absolute atomic E-state index is 0.00213. The number of rotatable bonds is 3. The summed E-state index contributed by atoms with van der Waals surface area (Å²) in [7, 11) is 0. The Kier molecular flexibility index (Phi) is 3.27. The molecule has 0 radical (unpaired) electrons. The van der Waals surface area contributed by atoms with E-state index in [4.69, 9.17) is 4.74 Å². The van der Waals surface area contributed by atoms with E-state index in [0.717, 1.165) is 31.4 Å². The third kappa shape index (κ3) is 2.32. The zero-order valence-corrected chi connectivity index (χ0v) is 9.15. The van der Waals surface area contributed by atoms with Gasteiger partial charge in [-0.3, -0.25) is 0 Å². The SMILES string of the molecule is CCc1ccccc1O[C@@H]1CCC[C@H]1O. The number of aliphatic hydroxyl groups excluding tert-OH is 1. The van der Waals surface area contributed by atoms with Gasteiger partial charge in [0.1, 0.15) is 11.9 Å². The van der Waals surface area contributed by atoms with Crippen molar-refractivity contribution in [3.63, 3.8) is 0 Å². The monoisotopic (exact) mass is 206 g/mol. The van der Waals surface area contributed by atoms with Crippen LogP contribution in [-0.2, 0) is 6.42 Å². The van der Waals surface area contributed by atoms with Crippen molar-refractivity contribution in [1.29, 1.82) is 0 Å². The lowest BCUT2D eigenvalue weighted by atomic mass is 10.1. The first-order chi connectivity index (χ1) is 7.31. The van der Waals surface area contributed by atoms with Crippen LogP contribution in [0.15, 0.2) is 24.3 Å². The fraction of sp³-hybridized carbons (Fsp3) is 0.538. The first kappa shape index (κ1) is 10.5. The van der Waals surface area contributed by atoms with Gasteiger partial charge < -0.3 is 9.84 Å². The molecule has 0 saturated heterocycles. The Hall–Kier alpha value is -1.02. The van der Waals surface area contributed by atoms with Crippen LogP contribution in [0.3, 0.4) is 0 Å². The van der Waals surface area contributed by atoms with Crippen LogP contribution in [0.4, 0.5) is 0 Å². The summed E-state index contributed by atoms with van der Waals surface area (Å²) in [5.74, 6) is 0.936. The van der Waals surface area contributed by atoms with Crippen LogP contribution >= 0.6 is 0 Å². The fourth-order valence-electron chi connectivity index (χ4n) is 2.12. The molecule has 2 nitrogen and oxygen atoms in total. The van der Waals surface area contributed by atoms with Crippen LogP contribution in [0.1, 0.15) is 31.7 Å². The van der Waals surface area contributed by atoms with E-state index in [1.54, 1.807) is 0 Å². The maximum atomic E-state index is 9.69. The first-order valence-electron chi connectivity index (χ1n) is 5.74. The molecule has 1 saturated carbocycles. The maximum Gasteiger partial charge on any atom is 0.124 e. The molecule has 1 fully saturated rings. The molecule has 0 amide bonds. The normalized spacial score (nSPS) is 25.5. The molecule has 1 aromatic rings. The highest BCUT2D eigenvalue weighted by Gasteiger charge is 2.27. The number of aryl methyl sites for hydroxylation is 1. The number of para-hydroxylation sites is 1. The summed E-state index contributed by atoms with van der Waals surface area (Å²) in [4.78, 5) is 0. The Morgan fingerprint density at radius 2 is 2.13 bits per heavy atom. The van der Waals surface area contributed by atoms with Crippen LogP contribution in [0.2, 0.25) is 0 Å². The standard InChI is InChI=1S/C13H18O2/c1-2-10-6-3-4-8-12(10)15-13-9-5-7-11(13)14/h3-4,6,8,11,13-14H,2,5,7,9H2,1H3/t11-,13-/m1/s1. The van der Waals surface area contributed by atoms with Gasteiger partial charge in [0.05, 0.1) is 6.10 Å². The van der Waals surface area contributed by atoms with Crippen molar-refractivity contribution >= 4 is 0 Å². The minimum atomic E-state index is -0.282. The van der Waals surface area contributed by atoms with Gasteiger partial charge in [-0.2, -0.15) is 0 Å². The Bertz CT molecular complexity index is 322. The predicted octanol–water partition coefficient (Wildman–Crippen LogP) is 2.54. The molecular formula is C13H18O2. The van der Waals surface area contributed by atoms with Crippen molar-refractivity contribution in [3.8, 4) is 5.75 Å². The lowest BCUT2D eigenvalue weighted by Crippen LogP contribution is -2.26. The molecule has 0 aliphatic heterocycles. The van der Waals surface area contributed by atoms with E-state index in [9.17, 15) is 5.11 Å². The second-order valence-electron chi connectivity index (χ2n) is 4.12. The largest absolute Gasteiger partial charge is 0.487 e. The zero-order valence-electron chi connectivity index (χ0n) is 9.15.